The summed E-state index contributed by atoms with van der Waals surface area (Å²) < 4.78 is 0. The zero-order valence-electron chi connectivity index (χ0n) is 12.3. The quantitative estimate of drug-likeness (QED) is 0.780. The molecule has 0 saturated heterocycles. The lowest BCUT2D eigenvalue weighted by atomic mass is 9.91. The molecule has 100 valence electrons. The molecule has 1 atom stereocenters. The summed E-state index contributed by atoms with van der Waals surface area (Å²) in [7, 11) is 0. The van der Waals surface area contributed by atoms with Gasteiger partial charge >= 0.3 is 0 Å². The van der Waals surface area contributed by atoms with Crippen LogP contribution < -0.4 is 5.32 Å². The van der Waals surface area contributed by atoms with Gasteiger partial charge in [-0.1, -0.05) is 37.5 Å². The molecular weight excluding hydrogens is 218 g/mol. The van der Waals surface area contributed by atoms with Gasteiger partial charge in [-0.25, -0.2) is 0 Å². The average molecular weight is 245 g/mol. The van der Waals surface area contributed by atoms with Crippen molar-refractivity contribution in [1.29, 1.82) is 0 Å². The number of nitrogens with one attached hydrogen (secondary N) is 1. The molecule has 0 radical (unpaired) electrons. The van der Waals surface area contributed by atoms with Crippen molar-refractivity contribution < 1.29 is 0 Å². The van der Waals surface area contributed by atoms with Crippen molar-refractivity contribution in [3.8, 4) is 0 Å². The van der Waals surface area contributed by atoms with Gasteiger partial charge in [0.25, 0.3) is 0 Å². The highest BCUT2D eigenvalue weighted by molar-refractivity contribution is 5.39. The summed E-state index contributed by atoms with van der Waals surface area (Å²) in [6.07, 6.45) is 5.61. The Hall–Kier alpha value is -0.820. The van der Waals surface area contributed by atoms with Crippen LogP contribution in [0.25, 0.3) is 0 Å². The summed E-state index contributed by atoms with van der Waals surface area (Å²) in [6.45, 7) is 9.98. The lowest BCUT2D eigenvalue weighted by Gasteiger charge is -2.23. The van der Waals surface area contributed by atoms with E-state index in [0.29, 0.717) is 6.04 Å². The molecule has 1 saturated carbocycles. The zero-order chi connectivity index (χ0) is 13.1. The molecule has 1 aromatic rings. The lowest BCUT2D eigenvalue weighted by Crippen LogP contribution is -2.23. The first kappa shape index (κ1) is 13.6. The molecule has 0 amide bonds. The summed E-state index contributed by atoms with van der Waals surface area (Å²) in [5.41, 5.74) is 5.83. The zero-order valence-corrected chi connectivity index (χ0v) is 12.3. The summed E-state index contributed by atoms with van der Waals surface area (Å²) in [4.78, 5) is 0. The Labute approximate surface area is 112 Å². The van der Waals surface area contributed by atoms with Crippen LogP contribution in [0.15, 0.2) is 12.1 Å². The average Bonchev–Trinajstić information content (AvgIpc) is 3.08. The van der Waals surface area contributed by atoms with Crippen molar-refractivity contribution >= 4 is 0 Å². The van der Waals surface area contributed by atoms with Gasteiger partial charge in [0.2, 0.25) is 0 Å². The smallest absolute Gasteiger partial charge is 0.0325 e. The van der Waals surface area contributed by atoms with Crippen LogP contribution in [0.5, 0.6) is 0 Å². The van der Waals surface area contributed by atoms with Gasteiger partial charge in [0, 0.05) is 6.04 Å². The molecule has 1 aliphatic rings. The Balaban J connectivity index is 2.17. The van der Waals surface area contributed by atoms with Crippen LogP contribution in [0, 0.1) is 26.7 Å². The van der Waals surface area contributed by atoms with Crippen LogP contribution >= 0.6 is 0 Å². The number of hydrogen-bond acceptors (Lipinski definition) is 1. The monoisotopic (exact) mass is 245 g/mol. The van der Waals surface area contributed by atoms with Gasteiger partial charge < -0.3 is 5.32 Å². The summed E-state index contributed by atoms with van der Waals surface area (Å²) in [6, 6.07) is 5.20. The van der Waals surface area contributed by atoms with Crippen LogP contribution in [0.1, 0.15) is 60.9 Å². The number of hydrogen-bond donors (Lipinski definition) is 1. The second-order valence-corrected chi connectivity index (χ2v) is 5.94. The fraction of sp³-hybridized carbons (Fsp3) is 0.647. The van der Waals surface area contributed by atoms with Crippen molar-refractivity contribution in [1.82, 2.24) is 5.32 Å². The maximum Gasteiger partial charge on any atom is 0.0325 e. The molecule has 0 bridgehead atoms. The number of aryl methyl sites for hydroxylation is 3. The van der Waals surface area contributed by atoms with Crippen molar-refractivity contribution in [3.63, 3.8) is 0 Å². The summed E-state index contributed by atoms with van der Waals surface area (Å²) >= 11 is 0. The van der Waals surface area contributed by atoms with E-state index in [0.717, 1.165) is 12.5 Å². The Morgan fingerprint density at radius 2 is 1.78 bits per heavy atom. The van der Waals surface area contributed by atoms with Crippen molar-refractivity contribution in [3.05, 3.63) is 34.4 Å². The molecule has 1 nitrogen and oxygen atoms in total. The molecule has 1 heteroatoms. The molecule has 0 spiro atoms. The molecule has 1 N–H and O–H groups in total. The first-order valence-electron chi connectivity index (χ1n) is 7.43. The Morgan fingerprint density at radius 1 is 1.17 bits per heavy atom. The molecule has 1 aromatic carbocycles. The predicted molar refractivity (Wildman–Crippen MR) is 79.0 cm³/mol. The SMILES string of the molecule is CCNC(CCC1CC1)c1c(C)cc(C)cc1C. The minimum atomic E-state index is 0.552. The highest BCUT2D eigenvalue weighted by atomic mass is 14.9. The van der Waals surface area contributed by atoms with Gasteiger partial charge in [0.1, 0.15) is 0 Å². The van der Waals surface area contributed by atoms with Crippen LogP contribution in [0.2, 0.25) is 0 Å². The van der Waals surface area contributed by atoms with E-state index in [1.807, 2.05) is 0 Å². The first-order valence-corrected chi connectivity index (χ1v) is 7.43. The van der Waals surface area contributed by atoms with E-state index in [-0.39, 0.29) is 0 Å². The maximum atomic E-state index is 3.68. The van der Waals surface area contributed by atoms with Crippen molar-refractivity contribution in [2.75, 3.05) is 6.54 Å². The maximum absolute atomic E-state index is 3.68. The van der Waals surface area contributed by atoms with Crippen LogP contribution in [-0.4, -0.2) is 6.54 Å². The molecule has 0 aromatic heterocycles. The molecular formula is C17H27N. The second-order valence-electron chi connectivity index (χ2n) is 5.94. The largest absolute Gasteiger partial charge is 0.310 e. The summed E-state index contributed by atoms with van der Waals surface area (Å²) in [5.74, 6) is 1.03. The molecule has 1 fully saturated rings. The molecule has 1 aliphatic carbocycles. The van der Waals surface area contributed by atoms with E-state index in [9.17, 15) is 0 Å². The minimum absolute atomic E-state index is 0.552. The second kappa shape index (κ2) is 5.88. The third kappa shape index (κ3) is 3.35. The van der Waals surface area contributed by atoms with E-state index in [1.54, 1.807) is 5.56 Å². The van der Waals surface area contributed by atoms with E-state index >= 15 is 0 Å². The molecule has 1 unspecified atom stereocenters. The van der Waals surface area contributed by atoms with Crippen molar-refractivity contribution in [2.45, 2.75) is 59.4 Å². The lowest BCUT2D eigenvalue weighted by molar-refractivity contribution is 0.478. The van der Waals surface area contributed by atoms with E-state index in [1.165, 1.54) is 42.4 Å². The topological polar surface area (TPSA) is 12.0 Å². The van der Waals surface area contributed by atoms with Crippen molar-refractivity contribution in [2.24, 2.45) is 5.92 Å². The predicted octanol–water partition coefficient (Wildman–Crippen LogP) is 4.45. The molecule has 0 aliphatic heterocycles. The third-order valence-electron chi connectivity index (χ3n) is 4.10. The third-order valence-corrected chi connectivity index (χ3v) is 4.10. The van der Waals surface area contributed by atoms with Gasteiger partial charge in [0.05, 0.1) is 0 Å². The standard InChI is InChI=1S/C17H27N/c1-5-18-16(9-8-15-6-7-15)17-13(3)10-12(2)11-14(17)4/h10-11,15-16,18H,5-9H2,1-4H3. The molecule has 18 heavy (non-hydrogen) atoms. The van der Waals surface area contributed by atoms with Gasteiger partial charge in [-0.3, -0.25) is 0 Å². The fourth-order valence-electron chi connectivity index (χ4n) is 3.14. The van der Waals surface area contributed by atoms with E-state index in [4.69, 9.17) is 0 Å². The van der Waals surface area contributed by atoms with Gasteiger partial charge in [-0.05, 0) is 62.8 Å². The first-order chi connectivity index (χ1) is 8.61. The van der Waals surface area contributed by atoms with Crippen LogP contribution in [0.4, 0.5) is 0 Å². The molecule has 0 heterocycles. The highest BCUT2D eigenvalue weighted by Gasteiger charge is 2.24. The van der Waals surface area contributed by atoms with E-state index in [2.05, 4.69) is 45.1 Å². The normalized spacial score (nSPS) is 16.9. The van der Waals surface area contributed by atoms with Gasteiger partial charge in [-0.2, -0.15) is 0 Å². The Morgan fingerprint density at radius 3 is 2.28 bits per heavy atom. The highest BCUT2D eigenvalue weighted by Crippen LogP contribution is 2.37. The van der Waals surface area contributed by atoms with Crippen LogP contribution in [-0.2, 0) is 0 Å². The summed E-state index contributed by atoms with van der Waals surface area (Å²) in [5, 5.41) is 3.68. The molecule has 2 rings (SSSR count). The Kier molecular flexibility index (Phi) is 4.45. The number of benzene rings is 1. The fourth-order valence-corrected chi connectivity index (χ4v) is 3.14. The van der Waals surface area contributed by atoms with Gasteiger partial charge in [-0.15, -0.1) is 0 Å². The minimum Gasteiger partial charge on any atom is -0.310 e. The van der Waals surface area contributed by atoms with Crippen LogP contribution in [0.3, 0.4) is 0 Å². The Bertz CT molecular complexity index is 381. The number of rotatable bonds is 6. The van der Waals surface area contributed by atoms with Gasteiger partial charge in [0.15, 0.2) is 0 Å². The van der Waals surface area contributed by atoms with E-state index < -0.39 is 0 Å².